The van der Waals surface area contributed by atoms with E-state index in [2.05, 4.69) is 5.73 Å². The number of aliphatic hydroxyl groups is 1. The highest BCUT2D eigenvalue weighted by Gasteiger charge is 2.43. The number of carbonyl (C=O) groups excluding carboxylic acids is 1. The van der Waals surface area contributed by atoms with Gasteiger partial charge in [0.25, 0.3) is 0 Å². The molecule has 1 aromatic carbocycles. The molecule has 0 aliphatic carbocycles. The lowest BCUT2D eigenvalue weighted by molar-refractivity contribution is 0.0597. The second kappa shape index (κ2) is 4.52. The fourth-order valence-corrected chi connectivity index (χ4v) is 1.89. The van der Waals surface area contributed by atoms with Crippen LogP contribution >= 0.6 is 0 Å². The Kier molecular flexibility index (Phi) is 3.17. The normalized spacial score (nSPS) is 13.4. The van der Waals surface area contributed by atoms with Crippen molar-refractivity contribution >= 4 is 17.5 Å². The molecule has 2 rings (SSSR count). The highest BCUT2D eigenvalue weighted by Crippen LogP contribution is 2.43. The van der Waals surface area contributed by atoms with Crippen molar-refractivity contribution in [1.82, 2.24) is 0 Å². The molecule has 0 aromatic heterocycles. The summed E-state index contributed by atoms with van der Waals surface area (Å²) in [6.07, 6.45) is -0.482. The van der Waals surface area contributed by atoms with Crippen LogP contribution in [-0.2, 0) is 11.3 Å². The molecule has 19 heavy (non-hydrogen) atoms. The molecule has 4 heteroatoms. The summed E-state index contributed by atoms with van der Waals surface area (Å²) in [5.74, 6) is 0. The van der Waals surface area contributed by atoms with E-state index in [9.17, 15) is 4.79 Å². The number of carbonyl (C=O) groups is 1. The Morgan fingerprint density at radius 2 is 2.16 bits per heavy atom. The maximum atomic E-state index is 12.1. The largest absolute Gasteiger partial charge is 0.442 e. The van der Waals surface area contributed by atoms with Crippen LogP contribution in [0.25, 0.3) is 5.70 Å². The molecule has 0 bridgehead atoms. The number of anilines is 1. The Hall–Kier alpha value is -2.12. The molecule has 1 heterocycles. The van der Waals surface area contributed by atoms with E-state index in [1.807, 2.05) is 0 Å². The number of hydrogen-bond acceptors (Lipinski definition) is 3. The van der Waals surface area contributed by atoms with E-state index in [1.54, 1.807) is 39.0 Å². The molecular weight excluding hydrogens is 242 g/mol. The van der Waals surface area contributed by atoms with Gasteiger partial charge in [0.1, 0.15) is 23.4 Å². The van der Waals surface area contributed by atoms with Crippen LogP contribution in [0, 0.1) is 6.58 Å². The minimum Gasteiger partial charge on any atom is -0.442 e. The van der Waals surface area contributed by atoms with Gasteiger partial charge in [-0.05, 0) is 38.5 Å². The van der Waals surface area contributed by atoms with Crippen molar-refractivity contribution in [2.45, 2.75) is 33.0 Å². The van der Waals surface area contributed by atoms with E-state index in [0.29, 0.717) is 11.4 Å². The molecule has 1 aliphatic rings. The first kappa shape index (κ1) is 13.3. The van der Waals surface area contributed by atoms with Crippen LogP contribution in [0.15, 0.2) is 23.9 Å². The summed E-state index contributed by atoms with van der Waals surface area (Å²) in [6, 6.07) is 5.29. The van der Waals surface area contributed by atoms with Crippen molar-refractivity contribution in [3.05, 3.63) is 41.6 Å². The predicted octanol–water partition coefficient (Wildman–Crippen LogP) is 2.86. The van der Waals surface area contributed by atoms with Crippen molar-refractivity contribution in [3.63, 3.8) is 0 Å². The number of aliphatic hydroxyl groups excluding tert-OH is 1. The van der Waals surface area contributed by atoms with Crippen molar-refractivity contribution in [1.29, 1.82) is 0 Å². The van der Waals surface area contributed by atoms with Gasteiger partial charge in [-0.3, -0.25) is 0 Å². The molecule has 4 nitrogen and oxygen atoms in total. The van der Waals surface area contributed by atoms with Gasteiger partial charge in [0, 0.05) is 0 Å². The summed E-state index contributed by atoms with van der Waals surface area (Å²) >= 11 is 0. The fraction of sp³-hybridized carbons (Fsp3) is 0.333. The minimum absolute atomic E-state index is 0.0580. The summed E-state index contributed by atoms with van der Waals surface area (Å²) in [4.78, 5) is 13.4. The second-order valence-corrected chi connectivity index (χ2v) is 5.32. The molecule has 0 atom stereocenters. The Morgan fingerprint density at radius 1 is 1.47 bits per heavy atom. The zero-order chi connectivity index (χ0) is 14.2. The van der Waals surface area contributed by atoms with Crippen LogP contribution in [0.1, 0.15) is 31.9 Å². The first-order valence-corrected chi connectivity index (χ1v) is 5.98. The van der Waals surface area contributed by atoms with Crippen LogP contribution < -0.4 is 4.90 Å². The Balaban J connectivity index is 2.33. The summed E-state index contributed by atoms with van der Waals surface area (Å²) in [7, 11) is 0. The average Bonchev–Trinajstić information content (AvgIpc) is 2.28. The van der Waals surface area contributed by atoms with Gasteiger partial charge < -0.3 is 9.84 Å². The summed E-state index contributed by atoms with van der Waals surface area (Å²) in [5.41, 5.74) is 4.64. The number of hydrogen-bond donors (Lipinski definition) is 1. The maximum absolute atomic E-state index is 12.1. The highest BCUT2D eigenvalue weighted by atomic mass is 16.6. The Bertz CT molecular complexity index is 578. The smallest absolute Gasteiger partial charge is 0.438 e. The average molecular weight is 258 g/mol. The third-order valence-electron chi connectivity index (χ3n) is 2.68. The Labute approximate surface area is 112 Å². The molecule has 0 spiro atoms. The zero-order valence-electron chi connectivity index (χ0n) is 11.2. The summed E-state index contributed by atoms with van der Waals surface area (Å²) in [6.45, 7) is 10.8. The van der Waals surface area contributed by atoms with Gasteiger partial charge in [0.05, 0.1) is 6.61 Å². The van der Waals surface area contributed by atoms with Crippen LogP contribution in [0.3, 0.4) is 0 Å². The highest BCUT2D eigenvalue weighted by molar-refractivity contribution is 6.12. The van der Waals surface area contributed by atoms with Crippen LogP contribution in [0.2, 0.25) is 0 Å². The molecule has 1 N–H and O–H groups in total. The van der Waals surface area contributed by atoms with E-state index in [-0.39, 0.29) is 6.61 Å². The van der Waals surface area contributed by atoms with Crippen LogP contribution in [0.4, 0.5) is 10.5 Å². The molecular formula is C15H16NO3+. The number of fused-ring (bicyclic) bond motifs is 1. The third kappa shape index (κ3) is 2.38. The number of benzene rings is 1. The number of nitrogens with zero attached hydrogens (tertiary/aromatic N) is 1. The van der Waals surface area contributed by atoms with Crippen LogP contribution in [0.5, 0.6) is 0 Å². The van der Waals surface area contributed by atoms with Crippen LogP contribution in [-0.4, -0.2) is 16.8 Å². The van der Waals surface area contributed by atoms with Crippen molar-refractivity contribution < 1.29 is 14.6 Å². The monoisotopic (exact) mass is 258 g/mol. The third-order valence-corrected chi connectivity index (χ3v) is 2.68. The molecule has 0 saturated carbocycles. The van der Waals surface area contributed by atoms with Gasteiger partial charge in [-0.15, -0.1) is 0 Å². The number of amides is 1. The van der Waals surface area contributed by atoms with Gasteiger partial charge in [-0.2, -0.15) is 4.90 Å². The summed E-state index contributed by atoms with van der Waals surface area (Å²) < 4.78 is 5.31. The van der Waals surface area contributed by atoms with Gasteiger partial charge in [0.2, 0.25) is 5.70 Å². The van der Waals surface area contributed by atoms with Gasteiger partial charge >= 0.3 is 6.09 Å². The molecule has 0 unspecified atom stereocenters. The minimum atomic E-state index is -0.572. The maximum Gasteiger partial charge on any atom is 0.438 e. The van der Waals surface area contributed by atoms with Gasteiger partial charge in [-0.25, -0.2) is 4.79 Å². The Morgan fingerprint density at radius 3 is 2.68 bits per heavy atom. The van der Waals surface area contributed by atoms with Crippen molar-refractivity contribution in [2.75, 3.05) is 4.90 Å². The first-order chi connectivity index (χ1) is 8.87. The lowest BCUT2D eigenvalue weighted by Crippen LogP contribution is -2.40. The number of rotatable bonds is 1. The molecule has 98 valence electrons. The van der Waals surface area contributed by atoms with E-state index < -0.39 is 11.7 Å². The first-order valence-electron chi connectivity index (χ1n) is 5.98. The molecule has 0 fully saturated rings. The molecule has 1 amide bonds. The quantitative estimate of drug-likeness (QED) is 0.622. The zero-order valence-corrected chi connectivity index (χ0v) is 11.2. The van der Waals surface area contributed by atoms with Gasteiger partial charge in [0.15, 0.2) is 5.73 Å². The van der Waals surface area contributed by atoms with Gasteiger partial charge in [-0.1, -0.05) is 6.07 Å². The van der Waals surface area contributed by atoms with E-state index in [1.165, 1.54) is 4.90 Å². The SMILES string of the molecule is [CH+]=C=C1c2cc(CO)ccc2N1C(=O)OC(C)(C)C. The van der Waals surface area contributed by atoms with E-state index >= 15 is 0 Å². The number of ether oxygens (including phenoxy) is 1. The van der Waals surface area contributed by atoms with Crippen molar-refractivity contribution in [3.8, 4) is 0 Å². The lowest BCUT2D eigenvalue weighted by atomic mass is 9.97. The van der Waals surface area contributed by atoms with E-state index in [0.717, 1.165) is 11.1 Å². The topological polar surface area (TPSA) is 49.8 Å². The molecule has 0 radical (unpaired) electrons. The van der Waals surface area contributed by atoms with Crippen molar-refractivity contribution in [2.24, 2.45) is 0 Å². The molecule has 0 saturated heterocycles. The summed E-state index contributed by atoms with van der Waals surface area (Å²) in [5, 5.41) is 9.10. The lowest BCUT2D eigenvalue weighted by Gasteiger charge is -2.30. The molecule has 1 aliphatic heterocycles. The molecule has 1 aromatic rings. The van der Waals surface area contributed by atoms with E-state index in [4.69, 9.17) is 16.4 Å². The predicted molar refractivity (Wildman–Crippen MR) is 72.3 cm³/mol. The second-order valence-electron chi connectivity index (χ2n) is 5.32. The fourth-order valence-electron chi connectivity index (χ4n) is 1.89. The standard InChI is InChI=1S/C15H16NO3/c1-5-12-11-8-10(9-17)6-7-13(11)16(12)14(18)19-15(2,3)4/h1,6-8,17H,9H2,2-4H3/q+1.